The first-order valence-corrected chi connectivity index (χ1v) is 7.43. The molecule has 3 rings (SSSR count). The van der Waals surface area contributed by atoms with Crippen molar-refractivity contribution in [2.75, 3.05) is 6.54 Å². The van der Waals surface area contributed by atoms with Crippen LogP contribution in [0.5, 0.6) is 0 Å². The molecule has 1 aromatic carbocycles. The summed E-state index contributed by atoms with van der Waals surface area (Å²) >= 11 is 6.01. The van der Waals surface area contributed by atoms with E-state index in [1.54, 1.807) is 4.90 Å². The smallest absolute Gasteiger partial charge is 0.333 e. The molecule has 1 aromatic rings. The summed E-state index contributed by atoms with van der Waals surface area (Å²) in [4.78, 5) is 17.1. The lowest BCUT2D eigenvalue weighted by Crippen LogP contribution is -2.38. The molecular weight excluding hydrogens is 342 g/mol. The first-order chi connectivity index (χ1) is 11.3. The Balaban J connectivity index is 1.87. The fourth-order valence-corrected chi connectivity index (χ4v) is 2.68. The lowest BCUT2D eigenvalue weighted by Gasteiger charge is -2.23. The molecule has 1 unspecified atom stereocenters. The van der Waals surface area contributed by atoms with Gasteiger partial charge in [-0.05, 0) is 19.1 Å². The zero-order valence-electron chi connectivity index (χ0n) is 12.6. The molecule has 0 bridgehead atoms. The highest BCUT2D eigenvalue weighted by Gasteiger charge is 2.43. The lowest BCUT2D eigenvalue weighted by atomic mass is 10.1. The summed E-state index contributed by atoms with van der Waals surface area (Å²) in [7, 11) is 0. The maximum atomic E-state index is 13.7. The molecule has 0 aliphatic carbocycles. The van der Waals surface area contributed by atoms with Crippen molar-refractivity contribution in [3.05, 3.63) is 58.5 Å². The first-order valence-electron chi connectivity index (χ1n) is 7.05. The second-order valence-corrected chi connectivity index (χ2v) is 6.09. The van der Waals surface area contributed by atoms with E-state index in [2.05, 4.69) is 4.99 Å². The van der Waals surface area contributed by atoms with Gasteiger partial charge in [0.05, 0.1) is 17.1 Å². The van der Waals surface area contributed by atoms with Crippen LogP contribution in [0.3, 0.4) is 0 Å². The van der Waals surface area contributed by atoms with Gasteiger partial charge in [0.2, 0.25) is 0 Å². The number of nitrogens with zero attached hydrogens (tertiary/aromatic N) is 2. The van der Waals surface area contributed by atoms with Gasteiger partial charge in [-0.15, -0.1) is 0 Å². The average molecular weight is 355 g/mol. The summed E-state index contributed by atoms with van der Waals surface area (Å²) < 4.78 is 32.8. The van der Waals surface area contributed by atoms with Gasteiger partial charge in [0.15, 0.2) is 17.1 Å². The molecule has 2 aliphatic rings. The lowest BCUT2D eigenvalue weighted by molar-refractivity contribution is -0.142. The topological polar surface area (TPSA) is 62.1 Å². The summed E-state index contributed by atoms with van der Waals surface area (Å²) in [6.45, 7) is 1.18. The summed E-state index contributed by atoms with van der Waals surface area (Å²) in [5.74, 6) is -2.12. The second-order valence-electron chi connectivity index (χ2n) is 5.65. The monoisotopic (exact) mass is 354 g/mol. The first kappa shape index (κ1) is 16.4. The van der Waals surface area contributed by atoms with Gasteiger partial charge in [0.1, 0.15) is 18.2 Å². The number of rotatable bonds is 4. The number of benzene rings is 1. The van der Waals surface area contributed by atoms with Crippen LogP contribution in [0.15, 0.2) is 46.3 Å². The largest absolute Gasteiger partial charge is 0.485 e. The van der Waals surface area contributed by atoms with Crippen molar-refractivity contribution < 1.29 is 23.4 Å². The Morgan fingerprint density at radius 2 is 2.12 bits per heavy atom. The molecular formula is C16H13ClF2N2O3. The van der Waals surface area contributed by atoms with Gasteiger partial charge in [-0.3, -0.25) is 0 Å². The number of amidine groups is 1. The molecule has 126 valence electrons. The Morgan fingerprint density at radius 1 is 1.46 bits per heavy atom. The van der Waals surface area contributed by atoms with Crippen LogP contribution in [-0.2, 0) is 16.1 Å². The van der Waals surface area contributed by atoms with Gasteiger partial charge in [-0.1, -0.05) is 17.7 Å². The Kier molecular flexibility index (Phi) is 4.04. The molecule has 2 aliphatic heterocycles. The van der Waals surface area contributed by atoms with Gasteiger partial charge >= 0.3 is 5.97 Å². The highest BCUT2D eigenvalue weighted by atomic mass is 35.5. The standard InChI is InChI=1S/C16H13ClF2N2O3/c1-16(15(22)23)8-21-6-9(17)5-13(14(21)20-16)24-7-10-11(18)3-2-4-12(10)19/h2-6H,7-8H2,1H3,(H,22,23). The predicted octanol–water partition coefficient (Wildman–Crippen LogP) is 3.02. The normalized spacial score (nSPS) is 22.5. The Labute approximate surface area is 141 Å². The van der Waals surface area contributed by atoms with Crippen molar-refractivity contribution in [2.45, 2.75) is 19.1 Å². The number of carboxylic acids is 1. The molecule has 0 radical (unpaired) electrons. The minimum Gasteiger partial charge on any atom is -0.485 e. The summed E-state index contributed by atoms with van der Waals surface area (Å²) in [5, 5.41) is 9.60. The third kappa shape index (κ3) is 2.87. The molecule has 5 nitrogen and oxygen atoms in total. The van der Waals surface area contributed by atoms with Crippen LogP contribution < -0.4 is 0 Å². The van der Waals surface area contributed by atoms with E-state index in [4.69, 9.17) is 16.3 Å². The minimum absolute atomic E-state index is 0.0860. The molecule has 0 fully saturated rings. The third-order valence-corrected chi connectivity index (χ3v) is 3.97. The molecule has 1 N–H and O–H groups in total. The van der Waals surface area contributed by atoms with Crippen LogP contribution in [0.2, 0.25) is 0 Å². The van der Waals surface area contributed by atoms with E-state index in [-0.39, 0.29) is 30.3 Å². The fraction of sp³-hybridized carbons (Fsp3) is 0.250. The molecule has 0 saturated carbocycles. The van der Waals surface area contributed by atoms with Crippen LogP contribution in [0.4, 0.5) is 8.78 Å². The van der Waals surface area contributed by atoms with Crippen molar-refractivity contribution in [1.29, 1.82) is 0 Å². The zero-order chi connectivity index (χ0) is 17.5. The maximum Gasteiger partial charge on any atom is 0.333 e. The fourth-order valence-electron chi connectivity index (χ4n) is 2.46. The molecule has 0 saturated heterocycles. The Bertz CT molecular complexity index is 786. The quantitative estimate of drug-likeness (QED) is 0.903. The van der Waals surface area contributed by atoms with Gasteiger partial charge in [0, 0.05) is 12.3 Å². The predicted molar refractivity (Wildman–Crippen MR) is 83.3 cm³/mol. The number of allylic oxidation sites excluding steroid dienone is 2. The van der Waals surface area contributed by atoms with Gasteiger partial charge in [-0.2, -0.15) is 0 Å². The maximum absolute atomic E-state index is 13.7. The highest BCUT2D eigenvalue weighted by molar-refractivity contribution is 6.32. The number of carbonyl (C=O) groups is 1. The van der Waals surface area contributed by atoms with Crippen LogP contribution in [-0.4, -0.2) is 33.9 Å². The van der Waals surface area contributed by atoms with Gasteiger partial charge in [-0.25, -0.2) is 18.6 Å². The molecule has 0 spiro atoms. The van der Waals surface area contributed by atoms with E-state index < -0.39 is 23.1 Å². The summed E-state index contributed by atoms with van der Waals surface area (Å²) in [5.41, 5.74) is -1.57. The second kappa shape index (κ2) is 5.90. The number of hydrogen-bond acceptors (Lipinski definition) is 4. The number of fused-ring (bicyclic) bond motifs is 1. The number of carboxylic acid groups (broad SMARTS) is 1. The molecule has 24 heavy (non-hydrogen) atoms. The highest BCUT2D eigenvalue weighted by Crippen LogP contribution is 2.30. The molecule has 8 heteroatoms. The van der Waals surface area contributed by atoms with Crippen molar-refractivity contribution in [3.8, 4) is 0 Å². The van der Waals surface area contributed by atoms with Crippen molar-refractivity contribution in [2.24, 2.45) is 4.99 Å². The Morgan fingerprint density at radius 3 is 2.75 bits per heavy atom. The number of aliphatic imine (C=N–C) groups is 1. The SMILES string of the molecule is CC1(C(=O)O)CN2C=C(Cl)C=C(OCc3c(F)cccc3F)C2=N1. The van der Waals surface area contributed by atoms with Crippen LogP contribution in [0, 0.1) is 11.6 Å². The van der Waals surface area contributed by atoms with Crippen molar-refractivity contribution >= 4 is 23.4 Å². The van der Waals surface area contributed by atoms with Gasteiger partial charge in [0.25, 0.3) is 0 Å². The third-order valence-electron chi connectivity index (χ3n) is 3.77. The molecule has 1 atom stereocenters. The van der Waals surface area contributed by atoms with E-state index in [1.807, 2.05) is 0 Å². The molecule has 0 aromatic heterocycles. The van der Waals surface area contributed by atoms with E-state index in [0.29, 0.717) is 5.03 Å². The number of halogens is 3. The molecule has 0 amide bonds. The van der Waals surface area contributed by atoms with Crippen LogP contribution in [0.25, 0.3) is 0 Å². The molecule has 2 heterocycles. The van der Waals surface area contributed by atoms with E-state index >= 15 is 0 Å². The van der Waals surface area contributed by atoms with E-state index in [0.717, 1.165) is 12.1 Å². The number of ether oxygens (including phenoxy) is 1. The minimum atomic E-state index is -1.35. The summed E-state index contributed by atoms with van der Waals surface area (Å²) in [6, 6.07) is 3.52. The van der Waals surface area contributed by atoms with E-state index in [1.165, 1.54) is 25.3 Å². The van der Waals surface area contributed by atoms with Crippen LogP contribution >= 0.6 is 11.6 Å². The average Bonchev–Trinajstić information content (AvgIpc) is 2.84. The zero-order valence-corrected chi connectivity index (χ0v) is 13.3. The Hall–Kier alpha value is -2.41. The number of aliphatic carboxylic acids is 1. The van der Waals surface area contributed by atoms with Crippen LogP contribution in [0.1, 0.15) is 12.5 Å². The van der Waals surface area contributed by atoms with E-state index in [9.17, 15) is 18.7 Å². The van der Waals surface area contributed by atoms with Gasteiger partial charge < -0.3 is 14.7 Å². The van der Waals surface area contributed by atoms with Crippen molar-refractivity contribution in [3.63, 3.8) is 0 Å². The summed E-state index contributed by atoms with van der Waals surface area (Å²) in [6.07, 6.45) is 2.97. The number of hydrogen-bond donors (Lipinski definition) is 1. The van der Waals surface area contributed by atoms with Crippen molar-refractivity contribution in [1.82, 2.24) is 4.90 Å².